The van der Waals surface area contributed by atoms with Crippen molar-refractivity contribution in [2.45, 2.75) is 19.5 Å². The highest BCUT2D eigenvalue weighted by molar-refractivity contribution is 7.09. The lowest BCUT2D eigenvalue weighted by molar-refractivity contribution is 0.692. The third-order valence-corrected chi connectivity index (χ3v) is 2.94. The SMILES string of the molecule is C[C@@H](N)c1cnn(Cc2cccs2)c1. The first-order valence-electron chi connectivity index (χ1n) is 4.56. The van der Waals surface area contributed by atoms with Crippen molar-refractivity contribution < 1.29 is 0 Å². The molecule has 14 heavy (non-hydrogen) atoms. The van der Waals surface area contributed by atoms with Gasteiger partial charge in [-0.3, -0.25) is 4.68 Å². The molecule has 0 aliphatic heterocycles. The molecule has 2 aromatic rings. The van der Waals surface area contributed by atoms with E-state index in [2.05, 4.69) is 22.6 Å². The molecule has 0 saturated heterocycles. The molecule has 0 aliphatic carbocycles. The van der Waals surface area contributed by atoms with Gasteiger partial charge in [-0.05, 0) is 18.4 Å². The van der Waals surface area contributed by atoms with E-state index in [1.165, 1.54) is 4.88 Å². The fourth-order valence-corrected chi connectivity index (χ4v) is 1.96. The summed E-state index contributed by atoms with van der Waals surface area (Å²) in [5.41, 5.74) is 6.83. The van der Waals surface area contributed by atoms with Gasteiger partial charge in [-0.1, -0.05) is 6.07 Å². The summed E-state index contributed by atoms with van der Waals surface area (Å²) >= 11 is 1.74. The smallest absolute Gasteiger partial charge is 0.0752 e. The maximum atomic E-state index is 5.75. The van der Waals surface area contributed by atoms with E-state index in [0.29, 0.717) is 0 Å². The summed E-state index contributed by atoms with van der Waals surface area (Å²) in [6.45, 7) is 2.80. The van der Waals surface area contributed by atoms with Crippen LogP contribution in [0.1, 0.15) is 23.4 Å². The van der Waals surface area contributed by atoms with E-state index in [0.717, 1.165) is 12.1 Å². The lowest BCUT2D eigenvalue weighted by Gasteiger charge is -1.99. The highest BCUT2D eigenvalue weighted by atomic mass is 32.1. The van der Waals surface area contributed by atoms with E-state index in [4.69, 9.17) is 5.73 Å². The Kier molecular flexibility index (Phi) is 2.65. The fraction of sp³-hybridized carbons (Fsp3) is 0.300. The van der Waals surface area contributed by atoms with Crippen LogP contribution in [0.3, 0.4) is 0 Å². The maximum Gasteiger partial charge on any atom is 0.0752 e. The van der Waals surface area contributed by atoms with Gasteiger partial charge < -0.3 is 5.73 Å². The molecule has 2 aromatic heterocycles. The minimum Gasteiger partial charge on any atom is -0.324 e. The third-order valence-electron chi connectivity index (χ3n) is 2.08. The summed E-state index contributed by atoms with van der Waals surface area (Å²) in [7, 11) is 0. The van der Waals surface area contributed by atoms with Gasteiger partial charge in [-0.15, -0.1) is 11.3 Å². The van der Waals surface area contributed by atoms with Gasteiger partial charge in [0.25, 0.3) is 0 Å². The van der Waals surface area contributed by atoms with E-state index >= 15 is 0 Å². The summed E-state index contributed by atoms with van der Waals surface area (Å²) < 4.78 is 1.92. The minimum atomic E-state index is 0.0621. The first kappa shape index (κ1) is 9.43. The lowest BCUT2D eigenvalue weighted by atomic mass is 10.2. The molecule has 2 rings (SSSR count). The molecule has 0 spiro atoms. The fourth-order valence-electron chi connectivity index (χ4n) is 1.26. The molecule has 2 N–H and O–H groups in total. The van der Waals surface area contributed by atoms with Gasteiger partial charge in [0.05, 0.1) is 12.7 Å². The Morgan fingerprint density at radius 2 is 2.50 bits per heavy atom. The van der Waals surface area contributed by atoms with E-state index < -0.39 is 0 Å². The Morgan fingerprint density at radius 3 is 3.07 bits per heavy atom. The van der Waals surface area contributed by atoms with Crippen molar-refractivity contribution in [1.82, 2.24) is 9.78 Å². The van der Waals surface area contributed by atoms with Gasteiger partial charge >= 0.3 is 0 Å². The largest absolute Gasteiger partial charge is 0.324 e. The average Bonchev–Trinajstić information content (AvgIpc) is 2.75. The molecule has 1 atom stereocenters. The van der Waals surface area contributed by atoms with Crippen LogP contribution in [0.25, 0.3) is 0 Å². The molecule has 0 bridgehead atoms. The highest BCUT2D eigenvalue weighted by Gasteiger charge is 2.03. The van der Waals surface area contributed by atoms with Gasteiger partial charge in [0.1, 0.15) is 0 Å². The quantitative estimate of drug-likeness (QED) is 0.836. The van der Waals surface area contributed by atoms with Gasteiger partial charge in [-0.25, -0.2) is 0 Å². The van der Waals surface area contributed by atoms with Gasteiger partial charge in [0.15, 0.2) is 0 Å². The van der Waals surface area contributed by atoms with Crippen molar-refractivity contribution in [2.24, 2.45) is 5.73 Å². The molecule has 0 unspecified atom stereocenters. The lowest BCUT2D eigenvalue weighted by Crippen LogP contribution is -2.03. The second kappa shape index (κ2) is 3.94. The zero-order valence-corrected chi connectivity index (χ0v) is 8.87. The summed E-state index contributed by atoms with van der Waals surface area (Å²) in [5, 5.41) is 6.33. The van der Waals surface area contributed by atoms with E-state index in [1.807, 2.05) is 24.0 Å². The van der Waals surface area contributed by atoms with Crippen LogP contribution in [0.15, 0.2) is 29.9 Å². The Balaban J connectivity index is 2.11. The molecule has 0 fully saturated rings. The molecule has 0 amide bonds. The van der Waals surface area contributed by atoms with Crippen LogP contribution in [0.2, 0.25) is 0 Å². The summed E-state index contributed by atoms with van der Waals surface area (Å²) in [5.74, 6) is 0. The zero-order valence-electron chi connectivity index (χ0n) is 8.05. The second-order valence-corrected chi connectivity index (χ2v) is 4.37. The van der Waals surface area contributed by atoms with Crippen LogP contribution in [-0.2, 0) is 6.54 Å². The van der Waals surface area contributed by atoms with Crippen molar-refractivity contribution in [3.05, 3.63) is 40.3 Å². The van der Waals surface area contributed by atoms with Crippen LogP contribution in [0.4, 0.5) is 0 Å². The third kappa shape index (κ3) is 2.02. The Bertz CT molecular complexity index is 389. The highest BCUT2D eigenvalue weighted by Crippen LogP contribution is 2.12. The molecule has 3 nitrogen and oxygen atoms in total. The first-order valence-corrected chi connectivity index (χ1v) is 5.44. The second-order valence-electron chi connectivity index (χ2n) is 3.34. The number of aromatic nitrogens is 2. The number of rotatable bonds is 3. The monoisotopic (exact) mass is 207 g/mol. The van der Waals surface area contributed by atoms with Crippen molar-refractivity contribution in [3.8, 4) is 0 Å². The van der Waals surface area contributed by atoms with E-state index in [-0.39, 0.29) is 6.04 Å². The van der Waals surface area contributed by atoms with Crippen LogP contribution in [0.5, 0.6) is 0 Å². The number of hydrogen-bond donors (Lipinski definition) is 1. The Morgan fingerprint density at radius 1 is 1.64 bits per heavy atom. The molecular formula is C10H13N3S. The predicted octanol–water partition coefficient (Wildman–Crippen LogP) is 2.01. The number of thiophene rings is 1. The van der Waals surface area contributed by atoms with Crippen molar-refractivity contribution in [2.75, 3.05) is 0 Å². The average molecular weight is 207 g/mol. The van der Waals surface area contributed by atoms with Crippen molar-refractivity contribution >= 4 is 11.3 Å². The summed E-state index contributed by atoms with van der Waals surface area (Å²) in [4.78, 5) is 1.31. The minimum absolute atomic E-state index is 0.0621. The molecular weight excluding hydrogens is 194 g/mol. The van der Waals surface area contributed by atoms with E-state index in [9.17, 15) is 0 Å². The number of hydrogen-bond acceptors (Lipinski definition) is 3. The predicted molar refractivity (Wildman–Crippen MR) is 58.3 cm³/mol. The van der Waals surface area contributed by atoms with Crippen molar-refractivity contribution in [3.63, 3.8) is 0 Å². The molecule has 0 aromatic carbocycles. The molecule has 2 heterocycles. The van der Waals surface area contributed by atoms with Crippen LogP contribution in [-0.4, -0.2) is 9.78 Å². The first-order chi connectivity index (χ1) is 6.75. The van der Waals surface area contributed by atoms with Gasteiger partial charge in [0.2, 0.25) is 0 Å². The van der Waals surface area contributed by atoms with Crippen molar-refractivity contribution in [1.29, 1.82) is 0 Å². The molecule has 0 aliphatic rings. The molecule has 4 heteroatoms. The summed E-state index contributed by atoms with van der Waals surface area (Å²) in [6, 6.07) is 4.22. The molecule has 0 radical (unpaired) electrons. The maximum absolute atomic E-state index is 5.75. The molecule has 74 valence electrons. The van der Waals surface area contributed by atoms with Crippen LogP contribution < -0.4 is 5.73 Å². The number of nitrogens with two attached hydrogens (primary N) is 1. The summed E-state index contributed by atoms with van der Waals surface area (Å²) in [6.07, 6.45) is 3.84. The van der Waals surface area contributed by atoms with Gasteiger partial charge in [-0.2, -0.15) is 5.10 Å². The van der Waals surface area contributed by atoms with Gasteiger partial charge in [0, 0.05) is 22.7 Å². The van der Waals surface area contributed by atoms with Crippen LogP contribution in [0, 0.1) is 0 Å². The van der Waals surface area contributed by atoms with E-state index in [1.54, 1.807) is 11.3 Å². The normalized spacial score (nSPS) is 13.0. The topological polar surface area (TPSA) is 43.8 Å². The van der Waals surface area contributed by atoms with Crippen LogP contribution >= 0.6 is 11.3 Å². The number of nitrogens with zero attached hydrogens (tertiary/aromatic N) is 2. The Hall–Kier alpha value is -1.13. The zero-order chi connectivity index (χ0) is 9.97. The molecule has 0 saturated carbocycles. The Labute approximate surface area is 87.2 Å². The standard InChI is InChI=1S/C10H13N3S/c1-8(11)9-5-12-13(6-9)7-10-3-2-4-14-10/h2-6,8H,7,11H2,1H3/t8-/m1/s1.